The third-order valence-electron chi connectivity index (χ3n) is 5.99. The molecule has 1 atom stereocenters. The normalized spacial score (nSPS) is 12.0. The number of esters is 1. The van der Waals surface area contributed by atoms with Gasteiger partial charge in [0.15, 0.2) is 0 Å². The fourth-order valence-electron chi connectivity index (χ4n) is 3.96. The van der Waals surface area contributed by atoms with Crippen molar-refractivity contribution in [1.82, 2.24) is 10.3 Å². The summed E-state index contributed by atoms with van der Waals surface area (Å²) in [5, 5.41) is 5.58. The maximum atomic E-state index is 12.3. The Hall–Kier alpha value is -3.39. The smallest absolute Gasteiger partial charge is 0.408 e. The summed E-state index contributed by atoms with van der Waals surface area (Å²) in [5.74, 6) is 0.352. The fraction of sp³-hybridized carbons (Fsp3) is 0.452. The highest BCUT2D eigenvalue weighted by molar-refractivity contribution is 7.13. The third-order valence-corrected chi connectivity index (χ3v) is 6.88. The second-order valence-corrected chi connectivity index (χ2v) is 11.3. The average molecular weight is 553 g/mol. The Morgan fingerprint density at radius 1 is 0.949 bits per heavy atom. The molecule has 1 heterocycles. The number of benzene rings is 2. The Morgan fingerprint density at radius 2 is 1.62 bits per heavy atom. The number of nitrogens with zero attached hydrogens (tertiary/aromatic N) is 1. The van der Waals surface area contributed by atoms with Gasteiger partial charge in [-0.1, -0.05) is 56.9 Å². The number of ether oxygens (including phenoxy) is 3. The Kier molecular flexibility index (Phi) is 11.3. The van der Waals surface area contributed by atoms with Crippen molar-refractivity contribution >= 4 is 23.4 Å². The summed E-state index contributed by atoms with van der Waals surface area (Å²) in [4.78, 5) is 29.3. The summed E-state index contributed by atoms with van der Waals surface area (Å²) in [7, 11) is 1.30. The Labute approximate surface area is 235 Å². The van der Waals surface area contributed by atoms with E-state index in [1.807, 2.05) is 53.9 Å². The first-order valence-corrected chi connectivity index (χ1v) is 14.4. The predicted octanol–water partition coefficient (Wildman–Crippen LogP) is 7.44. The molecule has 210 valence electrons. The topological polar surface area (TPSA) is 86.8 Å². The molecule has 3 aromatic rings. The lowest BCUT2D eigenvalue weighted by Crippen LogP contribution is -2.45. The minimum absolute atomic E-state index is 0.279. The van der Waals surface area contributed by atoms with Crippen molar-refractivity contribution in [3.05, 3.63) is 59.5 Å². The number of hydrogen-bond acceptors (Lipinski definition) is 7. The van der Waals surface area contributed by atoms with Crippen LogP contribution < -0.4 is 10.1 Å². The second-order valence-electron chi connectivity index (χ2n) is 10.4. The first-order valence-electron chi connectivity index (χ1n) is 13.5. The van der Waals surface area contributed by atoms with Gasteiger partial charge in [0, 0.05) is 22.9 Å². The van der Waals surface area contributed by atoms with Crippen molar-refractivity contribution in [2.24, 2.45) is 0 Å². The molecule has 0 saturated heterocycles. The number of nitrogens with one attached hydrogen (secondary N) is 1. The monoisotopic (exact) mass is 552 g/mol. The minimum atomic E-state index is -0.852. The number of methoxy groups -OCH3 is 1. The molecule has 0 spiro atoms. The van der Waals surface area contributed by atoms with Gasteiger partial charge in [-0.3, -0.25) is 0 Å². The van der Waals surface area contributed by atoms with Crippen LogP contribution in [0, 0.1) is 0 Å². The molecule has 1 amide bonds. The van der Waals surface area contributed by atoms with Gasteiger partial charge in [0.1, 0.15) is 22.4 Å². The molecule has 3 rings (SSSR count). The van der Waals surface area contributed by atoms with E-state index in [1.165, 1.54) is 32.8 Å². The molecule has 0 fully saturated rings. The van der Waals surface area contributed by atoms with Gasteiger partial charge in [-0.25, -0.2) is 14.6 Å². The highest BCUT2D eigenvalue weighted by atomic mass is 32.1. The molecule has 0 aliphatic heterocycles. The summed E-state index contributed by atoms with van der Waals surface area (Å²) in [6.07, 6.45) is 5.72. The third kappa shape index (κ3) is 10.0. The Balaban J connectivity index is 1.58. The van der Waals surface area contributed by atoms with Crippen LogP contribution in [0.5, 0.6) is 5.75 Å². The van der Waals surface area contributed by atoms with Gasteiger partial charge < -0.3 is 19.5 Å². The van der Waals surface area contributed by atoms with E-state index in [1.54, 1.807) is 32.1 Å². The van der Waals surface area contributed by atoms with Crippen LogP contribution in [0.25, 0.3) is 21.8 Å². The summed E-state index contributed by atoms with van der Waals surface area (Å²) in [6.45, 7) is 8.27. The van der Waals surface area contributed by atoms with Gasteiger partial charge in [0.2, 0.25) is 0 Å². The number of amides is 1. The largest absolute Gasteiger partial charge is 0.494 e. The highest BCUT2D eigenvalue weighted by Crippen LogP contribution is 2.30. The quantitative estimate of drug-likeness (QED) is 0.175. The Morgan fingerprint density at radius 3 is 2.26 bits per heavy atom. The number of carbonyl (C=O) groups is 2. The van der Waals surface area contributed by atoms with Gasteiger partial charge >= 0.3 is 12.1 Å². The molecule has 0 radical (unpaired) electrons. The number of thiazole rings is 1. The van der Waals surface area contributed by atoms with Crippen molar-refractivity contribution in [3.8, 4) is 27.6 Å². The zero-order chi connectivity index (χ0) is 28.3. The molecule has 2 aromatic carbocycles. The van der Waals surface area contributed by atoms with Crippen molar-refractivity contribution in [3.63, 3.8) is 0 Å². The first-order chi connectivity index (χ1) is 18.7. The number of hydrogen-bond donors (Lipinski definition) is 1. The van der Waals surface area contributed by atoms with E-state index in [0.29, 0.717) is 0 Å². The van der Waals surface area contributed by atoms with Gasteiger partial charge in [-0.05, 0) is 57.0 Å². The fourth-order valence-corrected chi connectivity index (χ4v) is 4.80. The predicted molar refractivity (Wildman–Crippen MR) is 156 cm³/mol. The molecule has 7 nitrogen and oxygen atoms in total. The van der Waals surface area contributed by atoms with Crippen molar-refractivity contribution in [2.45, 2.75) is 77.9 Å². The van der Waals surface area contributed by atoms with E-state index in [2.05, 4.69) is 12.2 Å². The second kappa shape index (κ2) is 14.7. The van der Waals surface area contributed by atoms with Gasteiger partial charge in [0.05, 0.1) is 19.4 Å². The minimum Gasteiger partial charge on any atom is -0.494 e. The molecule has 1 aromatic heterocycles. The van der Waals surface area contributed by atoms with Crippen LogP contribution in [0.1, 0.15) is 65.4 Å². The number of carbonyl (C=O) groups excluding carboxylic acids is 2. The highest BCUT2D eigenvalue weighted by Gasteiger charge is 2.25. The molecular formula is C31H40N2O5S. The maximum Gasteiger partial charge on any atom is 0.408 e. The van der Waals surface area contributed by atoms with E-state index in [-0.39, 0.29) is 6.42 Å². The lowest BCUT2D eigenvalue weighted by Gasteiger charge is -2.22. The van der Waals surface area contributed by atoms with Gasteiger partial charge in [-0.15, -0.1) is 11.3 Å². The van der Waals surface area contributed by atoms with E-state index >= 15 is 0 Å². The number of aromatic nitrogens is 1. The summed E-state index contributed by atoms with van der Waals surface area (Å²) < 4.78 is 16.0. The zero-order valence-corrected chi connectivity index (χ0v) is 24.4. The molecule has 1 N–H and O–H groups in total. The molecule has 8 heteroatoms. The zero-order valence-electron chi connectivity index (χ0n) is 23.6. The van der Waals surface area contributed by atoms with Crippen LogP contribution in [0.3, 0.4) is 0 Å². The van der Waals surface area contributed by atoms with Crippen LogP contribution in [-0.2, 0) is 20.7 Å². The van der Waals surface area contributed by atoms with E-state index in [0.717, 1.165) is 46.2 Å². The molecule has 0 aliphatic rings. The van der Waals surface area contributed by atoms with E-state index < -0.39 is 23.7 Å². The number of unbranched alkanes of at least 4 members (excludes halogenated alkanes) is 4. The first kappa shape index (κ1) is 30.2. The van der Waals surface area contributed by atoms with E-state index in [9.17, 15) is 9.59 Å². The van der Waals surface area contributed by atoms with Crippen molar-refractivity contribution in [2.75, 3.05) is 13.7 Å². The Bertz CT molecular complexity index is 1180. The molecular weight excluding hydrogens is 512 g/mol. The number of alkyl carbamates (subject to hydrolysis) is 1. The van der Waals surface area contributed by atoms with E-state index in [4.69, 9.17) is 19.2 Å². The van der Waals surface area contributed by atoms with Gasteiger partial charge in [-0.2, -0.15) is 0 Å². The summed E-state index contributed by atoms with van der Waals surface area (Å²) in [6, 6.07) is 15.0. The molecule has 0 unspecified atom stereocenters. The van der Waals surface area contributed by atoms with Crippen LogP contribution in [-0.4, -0.2) is 42.4 Å². The van der Waals surface area contributed by atoms with Crippen LogP contribution >= 0.6 is 11.3 Å². The lowest BCUT2D eigenvalue weighted by atomic mass is 10.0. The average Bonchev–Trinajstić information content (AvgIpc) is 3.40. The molecule has 39 heavy (non-hydrogen) atoms. The number of rotatable bonds is 13. The maximum absolute atomic E-state index is 12.3. The summed E-state index contributed by atoms with van der Waals surface area (Å²) in [5.41, 5.74) is 3.11. The van der Waals surface area contributed by atoms with Crippen LogP contribution in [0.15, 0.2) is 53.9 Å². The van der Waals surface area contributed by atoms with Crippen LogP contribution in [0.4, 0.5) is 4.79 Å². The van der Waals surface area contributed by atoms with Crippen molar-refractivity contribution in [1.29, 1.82) is 0 Å². The molecule has 0 saturated carbocycles. The van der Waals surface area contributed by atoms with Crippen molar-refractivity contribution < 1.29 is 23.8 Å². The van der Waals surface area contributed by atoms with Gasteiger partial charge in [0.25, 0.3) is 0 Å². The lowest BCUT2D eigenvalue weighted by molar-refractivity contribution is -0.143. The molecule has 0 aliphatic carbocycles. The van der Waals surface area contributed by atoms with Crippen LogP contribution in [0.2, 0.25) is 0 Å². The standard InChI is InChI=1S/C31H40N2O5S/c1-6-7-8-9-10-19-37-25-17-15-24(16-18-25)28-32-27(21-39-28)23-13-11-22(12-14-23)20-26(29(34)36-5)33-30(35)38-31(2,3)4/h11-18,21,26H,6-10,19-20H2,1-5H3,(H,33,35)/t26-/m0/s1. The SMILES string of the molecule is CCCCCCCOc1ccc(-c2nc(-c3ccc(C[C@H](NC(=O)OC(C)(C)C)C(=O)OC)cc3)cs2)cc1. The molecule has 0 bridgehead atoms. The summed E-state index contributed by atoms with van der Waals surface area (Å²) >= 11 is 1.59.